The van der Waals surface area contributed by atoms with Crippen molar-refractivity contribution in [2.24, 2.45) is 5.92 Å². The largest absolute Gasteiger partial charge is 0.324 e. The van der Waals surface area contributed by atoms with Gasteiger partial charge in [0.05, 0.1) is 15.6 Å². The Morgan fingerprint density at radius 1 is 1.32 bits per heavy atom. The van der Waals surface area contributed by atoms with Crippen LogP contribution >= 0.6 is 11.6 Å². The van der Waals surface area contributed by atoms with Gasteiger partial charge in [-0.3, -0.25) is 4.79 Å². The number of carbonyl (C=O) groups is 1. The number of anilines is 1. The van der Waals surface area contributed by atoms with Gasteiger partial charge in [-0.15, -0.1) is 0 Å². The van der Waals surface area contributed by atoms with Crippen molar-refractivity contribution in [3.05, 3.63) is 23.2 Å². The molecule has 0 bridgehead atoms. The fourth-order valence-electron chi connectivity index (χ4n) is 2.38. The lowest BCUT2D eigenvalue weighted by molar-refractivity contribution is -0.122. The van der Waals surface area contributed by atoms with Crippen LogP contribution in [-0.2, 0) is 14.8 Å². The first-order chi connectivity index (χ1) is 10.4. The minimum atomic E-state index is -3.56. The predicted octanol–water partition coefficient (Wildman–Crippen LogP) is 3.11. The summed E-state index contributed by atoms with van der Waals surface area (Å²) < 4.78 is 26.4. The molecule has 122 valence electrons. The first kappa shape index (κ1) is 17.2. The summed E-state index contributed by atoms with van der Waals surface area (Å²) in [5, 5.41) is 3.08. The molecule has 0 atom stereocenters. The second-order valence-electron chi connectivity index (χ2n) is 5.35. The maximum absolute atomic E-state index is 12.5. The van der Waals surface area contributed by atoms with Gasteiger partial charge in [-0.05, 0) is 31.0 Å². The summed E-state index contributed by atoms with van der Waals surface area (Å²) in [5.41, 5.74) is 0.354. The Morgan fingerprint density at radius 3 is 2.45 bits per heavy atom. The summed E-state index contributed by atoms with van der Waals surface area (Å²) in [5.74, 6) is -0.0790. The third-order valence-electron chi connectivity index (χ3n) is 4.01. The molecule has 1 aromatic rings. The summed E-state index contributed by atoms with van der Waals surface area (Å²) in [6.07, 6.45) is 2.81. The van der Waals surface area contributed by atoms with E-state index < -0.39 is 10.0 Å². The number of nitrogens with zero attached hydrogens (tertiary/aromatic N) is 1. The average molecular weight is 345 g/mol. The molecule has 7 heteroatoms. The van der Waals surface area contributed by atoms with E-state index >= 15 is 0 Å². The molecule has 1 amide bonds. The van der Waals surface area contributed by atoms with Crippen LogP contribution in [-0.4, -0.2) is 31.7 Å². The number of nitrogens with one attached hydrogen (secondary N) is 1. The van der Waals surface area contributed by atoms with E-state index in [0.29, 0.717) is 23.8 Å². The predicted molar refractivity (Wildman–Crippen MR) is 87.5 cm³/mol. The SMILES string of the molecule is CCN(CC)S(=O)(=O)c1ccc(Cl)c(NC(=O)C2CCC2)c1. The van der Waals surface area contributed by atoms with E-state index in [1.165, 1.54) is 22.5 Å². The lowest BCUT2D eigenvalue weighted by Gasteiger charge is -2.24. The van der Waals surface area contributed by atoms with Gasteiger partial charge in [0.15, 0.2) is 0 Å². The number of sulfonamides is 1. The number of rotatable bonds is 6. The molecule has 1 aliphatic carbocycles. The van der Waals surface area contributed by atoms with Crippen molar-refractivity contribution < 1.29 is 13.2 Å². The first-order valence-corrected chi connectivity index (χ1v) is 9.32. The Kier molecular flexibility index (Phi) is 5.47. The van der Waals surface area contributed by atoms with E-state index in [1.807, 2.05) is 0 Å². The molecule has 0 heterocycles. The van der Waals surface area contributed by atoms with E-state index in [9.17, 15) is 13.2 Å². The van der Waals surface area contributed by atoms with Crippen molar-refractivity contribution in [3.8, 4) is 0 Å². The molecule has 1 N–H and O–H groups in total. The van der Waals surface area contributed by atoms with E-state index in [0.717, 1.165) is 19.3 Å². The van der Waals surface area contributed by atoms with E-state index in [-0.39, 0.29) is 16.7 Å². The van der Waals surface area contributed by atoms with Crippen LogP contribution in [0.15, 0.2) is 23.1 Å². The van der Waals surface area contributed by atoms with Gasteiger partial charge in [0, 0.05) is 19.0 Å². The highest BCUT2D eigenvalue weighted by Crippen LogP contribution is 2.31. The molecule has 1 aliphatic rings. The Hall–Kier alpha value is -1.11. The Morgan fingerprint density at radius 2 is 1.95 bits per heavy atom. The van der Waals surface area contributed by atoms with Crippen LogP contribution in [0.5, 0.6) is 0 Å². The molecule has 0 saturated heterocycles. The maximum atomic E-state index is 12.5. The van der Waals surface area contributed by atoms with Crippen molar-refractivity contribution in [2.75, 3.05) is 18.4 Å². The summed E-state index contributed by atoms with van der Waals surface area (Å²) in [7, 11) is -3.56. The normalized spacial score (nSPS) is 15.6. The zero-order valence-electron chi connectivity index (χ0n) is 12.8. The molecule has 0 spiro atoms. The molecular weight excluding hydrogens is 324 g/mol. The number of hydrogen-bond acceptors (Lipinski definition) is 3. The van der Waals surface area contributed by atoms with Crippen LogP contribution in [0.25, 0.3) is 0 Å². The molecular formula is C15H21ClN2O3S. The molecule has 0 aromatic heterocycles. The van der Waals surface area contributed by atoms with E-state index in [2.05, 4.69) is 5.32 Å². The number of hydrogen-bond donors (Lipinski definition) is 1. The van der Waals surface area contributed by atoms with Gasteiger partial charge in [-0.25, -0.2) is 8.42 Å². The average Bonchev–Trinajstić information content (AvgIpc) is 2.40. The zero-order chi connectivity index (χ0) is 16.3. The van der Waals surface area contributed by atoms with Crippen LogP contribution in [0, 0.1) is 5.92 Å². The van der Waals surface area contributed by atoms with Crippen LogP contribution in [0.4, 0.5) is 5.69 Å². The van der Waals surface area contributed by atoms with Gasteiger partial charge in [0.2, 0.25) is 15.9 Å². The Bertz CT molecular complexity index is 653. The molecule has 1 aromatic carbocycles. The summed E-state index contributed by atoms with van der Waals surface area (Å²) in [4.78, 5) is 12.2. The molecule has 1 fully saturated rings. The Labute approximate surface area is 136 Å². The molecule has 0 aliphatic heterocycles. The quantitative estimate of drug-likeness (QED) is 0.862. The maximum Gasteiger partial charge on any atom is 0.243 e. The third kappa shape index (κ3) is 3.45. The van der Waals surface area contributed by atoms with E-state index in [1.54, 1.807) is 13.8 Å². The van der Waals surface area contributed by atoms with Gasteiger partial charge < -0.3 is 5.32 Å². The molecule has 0 radical (unpaired) electrons. The number of halogens is 1. The van der Waals surface area contributed by atoms with Crippen molar-refractivity contribution in [2.45, 2.75) is 38.0 Å². The van der Waals surface area contributed by atoms with Crippen LogP contribution < -0.4 is 5.32 Å². The van der Waals surface area contributed by atoms with Gasteiger partial charge in [0.1, 0.15) is 0 Å². The van der Waals surface area contributed by atoms with Gasteiger partial charge >= 0.3 is 0 Å². The number of benzene rings is 1. The summed E-state index contributed by atoms with van der Waals surface area (Å²) in [6, 6.07) is 4.41. The lowest BCUT2D eigenvalue weighted by atomic mass is 9.85. The highest BCUT2D eigenvalue weighted by molar-refractivity contribution is 7.89. The smallest absolute Gasteiger partial charge is 0.243 e. The van der Waals surface area contributed by atoms with Crippen molar-refractivity contribution >= 4 is 33.2 Å². The van der Waals surface area contributed by atoms with Crippen LogP contribution in [0.3, 0.4) is 0 Å². The molecule has 5 nitrogen and oxygen atoms in total. The third-order valence-corrected chi connectivity index (χ3v) is 6.39. The standard InChI is InChI=1S/C15H21ClN2O3S/c1-3-18(4-2)22(20,21)12-8-9-13(16)14(10-12)17-15(19)11-6-5-7-11/h8-11H,3-7H2,1-2H3,(H,17,19). The summed E-state index contributed by atoms with van der Waals surface area (Å²) >= 11 is 6.08. The van der Waals surface area contributed by atoms with Crippen molar-refractivity contribution in [1.29, 1.82) is 0 Å². The topological polar surface area (TPSA) is 66.5 Å². The monoisotopic (exact) mass is 344 g/mol. The highest BCUT2D eigenvalue weighted by atomic mass is 35.5. The fraction of sp³-hybridized carbons (Fsp3) is 0.533. The van der Waals surface area contributed by atoms with E-state index in [4.69, 9.17) is 11.6 Å². The number of amides is 1. The zero-order valence-corrected chi connectivity index (χ0v) is 14.4. The molecule has 2 rings (SSSR count). The molecule has 22 heavy (non-hydrogen) atoms. The minimum Gasteiger partial charge on any atom is -0.324 e. The van der Waals surface area contributed by atoms with Crippen LogP contribution in [0.2, 0.25) is 5.02 Å². The minimum absolute atomic E-state index is 0.0131. The van der Waals surface area contributed by atoms with Gasteiger partial charge in [-0.1, -0.05) is 31.9 Å². The van der Waals surface area contributed by atoms with Crippen LogP contribution in [0.1, 0.15) is 33.1 Å². The Balaban J connectivity index is 2.27. The first-order valence-electron chi connectivity index (χ1n) is 7.50. The van der Waals surface area contributed by atoms with Crippen molar-refractivity contribution in [1.82, 2.24) is 4.31 Å². The molecule has 1 saturated carbocycles. The van der Waals surface area contributed by atoms with Gasteiger partial charge in [0.25, 0.3) is 0 Å². The van der Waals surface area contributed by atoms with Gasteiger partial charge in [-0.2, -0.15) is 4.31 Å². The lowest BCUT2D eigenvalue weighted by Crippen LogP contribution is -2.31. The fourth-order valence-corrected chi connectivity index (χ4v) is 4.03. The summed E-state index contributed by atoms with van der Waals surface area (Å²) in [6.45, 7) is 4.36. The van der Waals surface area contributed by atoms with Crippen molar-refractivity contribution in [3.63, 3.8) is 0 Å². The second-order valence-corrected chi connectivity index (χ2v) is 7.69. The highest BCUT2D eigenvalue weighted by Gasteiger charge is 2.27. The molecule has 0 unspecified atom stereocenters. The number of carbonyl (C=O) groups excluding carboxylic acids is 1. The second kappa shape index (κ2) is 6.98.